The fourth-order valence-electron chi connectivity index (χ4n) is 4.34. The highest BCUT2D eigenvalue weighted by atomic mass is 32.1. The SMILES string of the molecule is Cc1cc(C(F)(F)F)nn1CC(=O)N1CCC(c2nc(NC(=O)C3C(=O)CCCC3=O)cs2)CC1. The van der Waals surface area contributed by atoms with Gasteiger partial charge in [-0.1, -0.05) is 0 Å². The number of alkyl halides is 3. The van der Waals surface area contributed by atoms with Gasteiger partial charge in [-0.05, 0) is 32.3 Å². The molecule has 2 fully saturated rings. The van der Waals surface area contributed by atoms with Crippen LogP contribution in [-0.4, -0.2) is 56.1 Å². The van der Waals surface area contributed by atoms with Gasteiger partial charge in [-0.2, -0.15) is 18.3 Å². The highest BCUT2D eigenvalue weighted by molar-refractivity contribution is 7.10. The zero-order chi connectivity index (χ0) is 25.3. The van der Waals surface area contributed by atoms with Crippen LogP contribution in [0.15, 0.2) is 11.4 Å². The lowest BCUT2D eigenvalue weighted by Crippen LogP contribution is -2.40. The summed E-state index contributed by atoms with van der Waals surface area (Å²) < 4.78 is 39.6. The number of thiazole rings is 1. The van der Waals surface area contributed by atoms with E-state index in [0.717, 1.165) is 15.8 Å². The van der Waals surface area contributed by atoms with E-state index in [1.54, 1.807) is 10.3 Å². The standard InChI is InChI=1S/C22H24F3N5O4S/c1-12-9-16(22(23,24)25)28-30(12)10-18(33)29-7-5-13(6-8-29)21-27-17(11-35-21)26-20(34)19-14(31)3-2-4-15(19)32/h9,11,13,19H,2-8,10H2,1H3,(H,26,34). The number of aryl methyl sites for hydroxylation is 1. The molecule has 0 aromatic carbocycles. The van der Waals surface area contributed by atoms with E-state index in [1.807, 2.05) is 0 Å². The number of Topliss-reactive ketones (excluding diaryl/α,β-unsaturated/α-hetero) is 2. The number of nitrogens with zero attached hydrogens (tertiary/aromatic N) is 4. The molecule has 35 heavy (non-hydrogen) atoms. The monoisotopic (exact) mass is 511 g/mol. The maximum Gasteiger partial charge on any atom is 0.435 e. The molecule has 2 amide bonds. The van der Waals surface area contributed by atoms with Crippen molar-refractivity contribution in [1.29, 1.82) is 0 Å². The molecule has 0 unspecified atom stereocenters. The fourth-order valence-corrected chi connectivity index (χ4v) is 5.26. The van der Waals surface area contributed by atoms with Gasteiger partial charge in [0.2, 0.25) is 11.8 Å². The maximum atomic E-state index is 12.8. The Morgan fingerprint density at radius 3 is 2.43 bits per heavy atom. The molecule has 1 aliphatic heterocycles. The Morgan fingerprint density at radius 1 is 1.17 bits per heavy atom. The predicted octanol–water partition coefficient (Wildman–Crippen LogP) is 2.95. The molecular weight excluding hydrogens is 487 g/mol. The number of amides is 2. The second kappa shape index (κ2) is 9.88. The Morgan fingerprint density at radius 2 is 1.83 bits per heavy atom. The lowest BCUT2D eigenvalue weighted by atomic mass is 9.86. The number of hydrogen-bond acceptors (Lipinski definition) is 7. The van der Waals surface area contributed by atoms with Gasteiger partial charge in [0.25, 0.3) is 0 Å². The molecule has 188 valence electrons. The highest BCUT2D eigenvalue weighted by Crippen LogP contribution is 2.32. The summed E-state index contributed by atoms with van der Waals surface area (Å²) in [5.74, 6) is -2.63. The minimum atomic E-state index is -4.56. The van der Waals surface area contributed by atoms with Crippen molar-refractivity contribution < 1.29 is 32.3 Å². The molecule has 0 spiro atoms. The van der Waals surface area contributed by atoms with E-state index in [4.69, 9.17) is 0 Å². The van der Waals surface area contributed by atoms with Crippen LogP contribution in [0.3, 0.4) is 0 Å². The lowest BCUT2D eigenvalue weighted by Gasteiger charge is -2.31. The van der Waals surface area contributed by atoms with E-state index in [2.05, 4.69) is 15.4 Å². The molecule has 0 radical (unpaired) electrons. The van der Waals surface area contributed by atoms with E-state index in [9.17, 15) is 32.3 Å². The summed E-state index contributed by atoms with van der Waals surface area (Å²) in [5, 5.41) is 8.50. The normalized spacial score (nSPS) is 18.2. The molecule has 2 aromatic rings. The number of piperidine rings is 1. The highest BCUT2D eigenvalue weighted by Gasteiger charge is 2.37. The van der Waals surface area contributed by atoms with Crippen molar-refractivity contribution in [3.8, 4) is 0 Å². The number of halogens is 3. The summed E-state index contributed by atoms with van der Waals surface area (Å²) in [5.41, 5.74) is -0.764. The Balaban J connectivity index is 1.30. The molecular formula is C22H24F3N5O4S. The van der Waals surface area contributed by atoms with E-state index in [0.29, 0.717) is 32.4 Å². The van der Waals surface area contributed by atoms with Crippen LogP contribution >= 0.6 is 11.3 Å². The third-order valence-corrected chi connectivity index (χ3v) is 7.29. The minimum Gasteiger partial charge on any atom is -0.341 e. The Labute approximate surface area is 202 Å². The quantitative estimate of drug-likeness (QED) is 0.618. The number of rotatable bonds is 5. The molecule has 9 nitrogen and oxygen atoms in total. The average Bonchev–Trinajstić information content (AvgIpc) is 3.40. The van der Waals surface area contributed by atoms with Crippen molar-refractivity contribution in [1.82, 2.24) is 19.7 Å². The molecule has 1 aliphatic carbocycles. The molecule has 2 aliphatic rings. The van der Waals surface area contributed by atoms with Crippen LogP contribution in [0.4, 0.5) is 19.0 Å². The van der Waals surface area contributed by atoms with Gasteiger partial charge in [0.05, 0.1) is 5.01 Å². The van der Waals surface area contributed by atoms with Crippen LogP contribution < -0.4 is 5.32 Å². The van der Waals surface area contributed by atoms with E-state index in [-0.39, 0.29) is 54.3 Å². The smallest absolute Gasteiger partial charge is 0.341 e. The first-order valence-corrected chi connectivity index (χ1v) is 12.1. The number of likely N-dealkylation sites (tertiary alicyclic amines) is 1. The van der Waals surface area contributed by atoms with Gasteiger partial charge in [0, 0.05) is 42.9 Å². The van der Waals surface area contributed by atoms with Gasteiger partial charge in [-0.3, -0.25) is 23.9 Å². The topological polar surface area (TPSA) is 114 Å². The Kier molecular flexibility index (Phi) is 7.06. The van der Waals surface area contributed by atoms with Gasteiger partial charge in [-0.25, -0.2) is 4.98 Å². The van der Waals surface area contributed by atoms with Crippen molar-refractivity contribution in [2.45, 2.75) is 57.7 Å². The predicted molar refractivity (Wildman–Crippen MR) is 119 cm³/mol. The van der Waals surface area contributed by atoms with Gasteiger partial charge < -0.3 is 10.2 Å². The zero-order valence-corrected chi connectivity index (χ0v) is 19.7. The number of carbonyl (C=O) groups excluding carboxylic acids is 4. The van der Waals surface area contributed by atoms with Crippen LogP contribution in [0, 0.1) is 12.8 Å². The number of ketones is 2. The second-order valence-corrected chi connectivity index (χ2v) is 9.65. The summed E-state index contributed by atoms with van der Waals surface area (Å²) in [6.45, 7) is 2.05. The molecule has 1 N–H and O–H groups in total. The molecule has 1 saturated heterocycles. The first-order valence-electron chi connectivity index (χ1n) is 11.2. The first kappa shape index (κ1) is 25.0. The largest absolute Gasteiger partial charge is 0.435 e. The molecule has 2 aromatic heterocycles. The van der Waals surface area contributed by atoms with Crippen LogP contribution in [-0.2, 0) is 31.9 Å². The summed E-state index contributed by atoms with van der Waals surface area (Å²) in [6.07, 6.45) is -2.44. The van der Waals surface area contributed by atoms with Gasteiger partial charge in [-0.15, -0.1) is 11.3 Å². The van der Waals surface area contributed by atoms with E-state index >= 15 is 0 Å². The van der Waals surface area contributed by atoms with Gasteiger partial charge in [0.1, 0.15) is 12.4 Å². The molecule has 0 atom stereocenters. The van der Waals surface area contributed by atoms with Crippen LogP contribution in [0.25, 0.3) is 0 Å². The third-order valence-electron chi connectivity index (χ3n) is 6.28. The van der Waals surface area contributed by atoms with E-state index < -0.39 is 23.7 Å². The summed E-state index contributed by atoms with van der Waals surface area (Å²) in [6, 6.07) is 0.915. The van der Waals surface area contributed by atoms with Crippen molar-refractivity contribution in [3.63, 3.8) is 0 Å². The number of nitrogens with one attached hydrogen (secondary N) is 1. The number of carbonyl (C=O) groups is 4. The molecule has 1 saturated carbocycles. The lowest BCUT2D eigenvalue weighted by molar-refractivity contribution is -0.142. The molecule has 3 heterocycles. The number of anilines is 1. The van der Waals surface area contributed by atoms with E-state index in [1.165, 1.54) is 18.3 Å². The third kappa shape index (κ3) is 5.60. The number of hydrogen-bond donors (Lipinski definition) is 1. The summed E-state index contributed by atoms with van der Waals surface area (Å²) in [4.78, 5) is 55.0. The van der Waals surface area contributed by atoms with Crippen molar-refractivity contribution in [3.05, 3.63) is 27.8 Å². The minimum absolute atomic E-state index is 0.0518. The van der Waals surface area contributed by atoms with Crippen molar-refractivity contribution >= 4 is 40.5 Å². The van der Waals surface area contributed by atoms with Crippen LogP contribution in [0.5, 0.6) is 0 Å². The van der Waals surface area contributed by atoms with Crippen LogP contribution in [0.1, 0.15) is 54.4 Å². The first-order chi connectivity index (χ1) is 16.5. The number of aromatic nitrogens is 3. The average molecular weight is 512 g/mol. The fraction of sp³-hybridized carbons (Fsp3) is 0.545. The van der Waals surface area contributed by atoms with Gasteiger partial charge >= 0.3 is 6.18 Å². The maximum absolute atomic E-state index is 12.8. The summed E-state index contributed by atoms with van der Waals surface area (Å²) in [7, 11) is 0. The van der Waals surface area contributed by atoms with Crippen molar-refractivity contribution in [2.24, 2.45) is 5.92 Å². The molecule has 13 heteroatoms. The molecule has 4 rings (SSSR count). The molecule has 0 bridgehead atoms. The summed E-state index contributed by atoms with van der Waals surface area (Å²) >= 11 is 1.35. The second-order valence-electron chi connectivity index (χ2n) is 8.76. The Hall–Kier alpha value is -3.09. The zero-order valence-electron chi connectivity index (χ0n) is 18.9. The Bertz CT molecular complexity index is 1130. The van der Waals surface area contributed by atoms with Gasteiger partial charge in [0.15, 0.2) is 23.2 Å². The van der Waals surface area contributed by atoms with Crippen LogP contribution in [0.2, 0.25) is 0 Å². The van der Waals surface area contributed by atoms with Crippen molar-refractivity contribution in [2.75, 3.05) is 18.4 Å².